The second-order valence-electron chi connectivity index (χ2n) is 5.55. The number of fused-ring (bicyclic) bond motifs is 1. The summed E-state index contributed by atoms with van der Waals surface area (Å²) in [6.45, 7) is 0.160. The Kier molecular flexibility index (Phi) is 4.15. The molecule has 0 atom stereocenters. The molecule has 25 heavy (non-hydrogen) atoms. The van der Waals surface area contributed by atoms with Crippen molar-refractivity contribution in [2.24, 2.45) is 0 Å². The fraction of sp³-hybridized carbons (Fsp3) is 0.357. The number of likely N-dealkylation sites (tertiary alicyclic amines) is 1. The Hall–Kier alpha value is -2.98. The summed E-state index contributed by atoms with van der Waals surface area (Å²) in [7, 11) is 0. The highest BCUT2D eigenvalue weighted by molar-refractivity contribution is 5.90. The molecule has 11 heteroatoms. The van der Waals surface area contributed by atoms with Crippen molar-refractivity contribution in [3.63, 3.8) is 0 Å². The first-order chi connectivity index (χ1) is 11.7. The molecule has 134 valence electrons. The van der Waals surface area contributed by atoms with Crippen LogP contribution in [0, 0.1) is 0 Å². The molecule has 0 radical (unpaired) electrons. The van der Waals surface area contributed by atoms with Crippen LogP contribution in [0.2, 0.25) is 0 Å². The van der Waals surface area contributed by atoms with Crippen LogP contribution in [0.15, 0.2) is 22.7 Å². The average molecular weight is 358 g/mol. The van der Waals surface area contributed by atoms with Gasteiger partial charge in [-0.25, -0.2) is 4.79 Å². The molecule has 3 rings (SSSR count). The summed E-state index contributed by atoms with van der Waals surface area (Å²) >= 11 is 0. The maximum Gasteiger partial charge on any atom is 0.416 e. The van der Waals surface area contributed by atoms with E-state index < -0.39 is 23.7 Å². The van der Waals surface area contributed by atoms with Crippen LogP contribution in [0.3, 0.4) is 0 Å². The topological polar surface area (TPSA) is 108 Å². The molecule has 1 aliphatic heterocycles. The Labute approximate surface area is 138 Å². The molecule has 0 spiro atoms. The summed E-state index contributed by atoms with van der Waals surface area (Å²) in [5.41, 5.74) is -0.689. The number of amides is 2. The van der Waals surface area contributed by atoms with Crippen LogP contribution in [0.1, 0.15) is 5.56 Å². The molecule has 0 saturated carbocycles. The Bertz CT molecular complexity index is 814. The first kappa shape index (κ1) is 16.9. The van der Waals surface area contributed by atoms with Gasteiger partial charge in [-0.05, 0) is 18.2 Å². The standard InChI is InChI=1S/C14H13F3N4O4/c15-14(16,17)7-1-2-10-9(3-7)12(20-25-10)18-4-11(22)19-8-5-21(6-8)13(23)24/h1-3,8H,4-6H2,(H,18,20)(H,19,22)(H,23,24). The van der Waals surface area contributed by atoms with Gasteiger partial charge in [0.1, 0.15) is 0 Å². The van der Waals surface area contributed by atoms with Crippen molar-refractivity contribution in [1.82, 2.24) is 15.4 Å². The van der Waals surface area contributed by atoms with Gasteiger partial charge in [-0.15, -0.1) is 0 Å². The summed E-state index contributed by atoms with van der Waals surface area (Å²) in [5, 5.41) is 17.7. The maximum atomic E-state index is 12.8. The number of nitrogens with zero attached hydrogens (tertiary/aromatic N) is 2. The van der Waals surface area contributed by atoms with E-state index >= 15 is 0 Å². The van der Waals surface area contributed by atoms with E-state index in [0.717, 1.165) is 23.1 Å². The Morgan fingerprint density at radius 2 is 2.08 bits per heavy atom. The van der Waals surface area contributed by atoms with Crippen molar-refractivity contribution >= 4 is 28.8 Å². The number of benzene rings is 1. The third kappa shape index (κ3) is 3.59. The Balaban J connectivity index is 1.60. The number of carbonyl (C=O) groups is 2. The number of aromatic nitrogens is 1. The van der Waals surface area contributed by atoms with Crippen LogP contribution >= 0.6 is 0 Å². The zero-order chi connectivity index (χ0) is 18.2. The fourth-order valence-electron chi connectivity index (χ4n) is 2.41. The van der Waals surface area contributed by atoms with Gasteiger partial charge in [0.05, 0.1) is 23.5 Å². The van der Waals surface area contributed by atoms with Crippen molar-refractivity contribution < 1.29 is 32.4 Å². The molecule has 1 aromatic carbocycles. The van der Waals surface area contributed by atoms with E-state index in [1.165, 1.54) is 0 Å². The maximum absolute atomic E-state index is 12.8. The van der Waals surface area contributed by atoms with Gasteiger partial charge >= 0.3 is 12.3 Å². The number of anilines is 1. The Morgan fingerprint density at radius 1 is 1.36 bits per heavy atom. The number of hydrogen-bond acceptors (Lipinski definition) is 5. The van der Waals surface area contributed by atoms with Crippen LogP contribution in [0.5, 0.6) is 0 Å². The third-order valence-electron chi connectivity index (χ3n) is 3.73. The summed E-state index contributed by atoms with van der Waals surface area (Å²) in [5.74, 6) is -0.407. The lowest BCUT2D eigenvalue weighted by Gasteiger charge is -2.37. The third-order valence-corrected chi connectivity index (χ3v) is 3.73. The summed E-state index contributed by atoms with van der Waals surface area (Å²) in [4.78, 5) is 23.6. The van der Waals surface area contributed by atoms with E-state index in [4.69, 9.17) is 9.63 Å². The smallest absolute Gasteiger partial charge is 0.416 e. The lowest BCUT2D eigenvalue weighted by molar-refractivity contribution is -0.137. The number of rotatable bonds is 4. The number of nitrogens with one attached hydrogen (secondary N) is 2. The minimum absolute atomic E-state index is 0.0250. The van der Waals surface area contributed by atoms with E-state index in [1.54, 1.807) is 0 Å². The highest BCUT2D eigenvalue weighted by Crippen LogP contribution is 2.33. The molecule has 2 amide bonds. The number of hydrogen-bond donors (Lipinski definition) is 3. The predicted molar refractivity (Wildman–Crippen MR) is 79.0 cm³/mol. The van der Waals surface area contributed by atoms with Gasteiger partial charge < -0.3 is 25.2 Å². The van der Waals surface area contributed by atoms with Gasteiger partial charge in [0.25, 0.3) is 0 Å². The summed E-state index contributed by atoms with van der Waals surface area (Å²) in [6.07, 6.45) is -5.56. The van der Waals surface area contributed by atoms with Crippen LogP contribution in [-0.2, 0) is 11.0 Å². The molecule has 3 N–H and O–H groups in total. The zero-order valence-corrected chi connectivity index (χ0v) is 12.6. The largest absolute Gasteiger partial charge is 0.465 e. The van der Waals surface area contributed by atoms with E-state index in [1.807, 2.05) is 0 Å². The lowest BCUT2D eigenvalue weighted by Crippen LogP contribution is -2.61. The molecule has 2 heterocycles. The van der Waals surface area contributed by atoms with Gasteiger partial charge in [-0.1, -0.05) is 5.16 Å². The SMILES string of the molecule is O=C(CNc1noc2ccc(C(F)(F)F)cc12)NC1CN(C(=O)O)C1. The van der Waals surface area contributed by atoms with Crippen molar-refractivity contribution in [3.05, 3.63) is 23.8 Å². The molecule has 2 aromatic rings. The van der Waals surface area contributed by atoms with Gasteiger partial charge in [0.2, 0.25) is 5.91 Å². The number of halogens is 3. The van der Waals surface area contributed by atoms with Gasteiger partial charge in [0, 0.05) is 13.1 Å². The van der Waals surface area contributed by atoms with Gasteiger partial charge in [-0.3, -0.25) is 4.79 Å². The minimum Gasteiger partial charge on any atom is -0.465 e. The van der Waals surface area contributed by atoms with Crippen LogP contribution in [0.25, 0.3) is 11.0 Å². The molecule has 0 bridgehead atoms. The highest BCUT2D eigenvalue weighted by atomic mass is 19.4. The monoisotopic (exact) mass is 358 g/mol. The molecule has 1 saturated heterocycles. The van der Waals surface area contributed by atoms with E-state index in [-0.39, 0.29) is 42.5 Å². The predicted octanol–water partition coefficient (Wildman–Crippen LogP) is 1.74. The molecule has 8 nitrogen and oxygen atoms in total. The average Bonchev–Trinajstić information content (AvgIpc) is 2.89. The molecular weight excluding hydrogens is 345 g/mol. The van der Waals surface area contributed by atoms with Crippen LogP contribution < -0.4 is 10.6 Å². The van der Waals surface area contributed by atoms with Gasteiger partial charge in [0.15, 0.2) is 11.4 Å². The normalized spacial score (nSPS) is 15.1. The number of carbonyl (C=O) groups excluding carboxylic acids is 1. The van der Waals surface area contributed by atoms with E-state index in [9.17, 15) is 22.8 Å². The summed E-state index contributed by atoms with van der Waals surface area (Å²) < 4.78 is 43.2. The fourth-order valence-corrected chi connectivity index (χ4v) is 2.41. The van der Waals surface area contributed by atoms with Crippen LogP contribution in [0.4, 0.5) is 23.8 Å². The first-order valence-corrected chi connectivity index (χ1v) is 7.22. The first-order valence-electron chi connectivity index (χ1n) is 7.22. The zero-order valence-electron chi connectivity index (χ0n) is 12.6. The second-order valence-corrected chi connectivity index (χ2v) is 5.55. The number of alkyl halides is 3. The molecule has 1 aromatic heterocycles. The second kappa shape index (κ2) is 6.15. The lowest BCUT2D eigenvalue weighted by atomic mass is 10.1. The highest BCUT2D eigenvalue weighted by Gasteiger charge is 2.32. The molecular formula is C14H13F3N4O4. The molecule has 1 fully saturated rings. The van der Waals surface area contributed by atoms with Crippen molar-refractivity contribution in [2.45, 2.75) is 12.2 Å². The van der Waals surface area contributed by atoms with Crippen molar-refractivity contribution in [1.29, 1.82) is 0 Å². The van der Waals surface area contributed by atoms with Gasteiger partial charge in [-0.2, -0.15) is 13.2 Å². The number of carboxylic acid groups (broad SMARTS) is 1. The minimum atomic E-state index is -4.50. The molecule has 0 aliphatic carbocycles. The molecule has 1 aliphatic rings. The molecule has 0 unspecified atom stereocenters. The van der Waals surface area contributed by atoms with E-state index in [0.29, 0.717) is 0 Å². The Morgan fingerprint density at radius 3 is 2.72 bits per heavy atom. The van der Waals surface area contributed by atoms with Crippen molar-refractivity contribution in [2.75, 3.05) is 25.0 Å². The summed E-state index contributed by atoms with van der Waals surface area (Å²) in [6, 6.07) is 2.65. The van der Waals surface area contributed by atoms with Crippen molar-refractivity contribution in [3.8, 4) is 0 Å². The van der Waals surface area contributed by atoms with E-state index in [2.05, 4.69) is 15.8 Å². The van der Waals surface area contributed by atoms with Crippen LogP contribution in [-0.4, -0.2) is 52.8 Å². The quantitative estimate of drug-likeness (QED) is 0.768.